The Morgan fingerprint density at radius 3 is 2.76 bits per heavy atom. The van der Waals surface area contributed by atoms with Crippen LogP contribution in [0.3, 0.4) is 0 Å². The fraction of sp³-hybridized carbons (Fsp3) is 0.167. The summed E-state index contributed by atoms with van der Waals surface area (Å²) in [7, 11) is 3.14. The van der Waals surface area contributed by atoms with E-state index in [1.54, 1.807) is 17.8 Å². The monoisotopic (exact) mass is 234 g/mol. The molecule has 0 aliphatic rings. The quantitative estimate of drug-likeness (QED) is 0.760. The Labute approximate surface area is 97.7 Å². The summed E-state index contributed by atoms with van der Waals surface area (Å²) < 4.78 is 19.9. The molecule has 0 fully saturated rings. The fourth-order valence-electron chi connectivity index (χ4n) is 1.49. The molecule has 88 valence electrons. The molecule has 5 heteroatoms. The molecule has 2 aromatic rings. The minimum atomic E-state index is -0.561. The van der Waals surface area contributed by atoms with E-state index in [2.05, 4.69) is 4.98 Å². The number of hydrogen-bond acceptors (Lipinski definition) is 3. The minimum absolute atomic E-state index is 0.113. The first-order valence-electron chi connectivity index (χ1n) is 4.98. The smallest absolute Gasteiger partial charge is 0.213 e. The number of nitrogens with zero attached hydrogens (tertiary/aromatic N) is 2. The Balaban J connectivity index is 2.35. The lowest BCUT2D eigenvalue weighted by atomic mass is 10.1. The predicted molar refractivity (Wildman–Crippen MR) is 59.6 cm³/mol. The van der Waals surface area contributed by atoms with E-state index in [0.29, 0.717) is 0 Å². The lowest BCUT2D eigenvalue weighted by Gasteiger charge is -2.03. The van der Waals surface area contributed by atoms with E-state index in [9.17, 15) is 9.18 Å². The van der Waals surface area contributed by atoms with E-state index < -0.39 is 5.82 Å². The second-order valence-electron chi connectivity index (χ2n) is 3.60. The molecule has 0 bridgehead atoms. The maximum Gasteiger partial charge on any atom is 0.213 e. The number of imidazole rings is 1. The number of halogens is 1. The summed E-state index contributed by atoms with van der Waals surface area (Å²) in [5.74, 6) is -0.760. The van der Waals surface area contributed by atoms with Crippen molar-refractivity contribution in [2.45, 2.75) is 0 Å². The van der Waals surface area contributed by atoms with Crippen LogP contribution in [0.5, 0.6) is 5.75 Å². The van der Waals surface area contributed by atoms with Gasteiger partial charge in [-0.2, -0.15) is 0 Å². The average Bonchev–Trinajstić information content (AvgIpc) is 2.75. The van der Waals surface area contributed by atoms with Gasteiger partial charge in [-0.25, -0.2) is 9.37 Å². The van der Waals surface area contributed by atoms with Crippen molar-refractivity contribution in [3.05, 3.63) is 47.8 Å². The van der Waals surface area contributed by atoms with Gasteiger partial charge >= 0.3 is 0 Å². The first-order valence-corrected chi connectivity index (χ1v) is 4.98. The van der Waals surface area contributed by atoms with Gasteiger partial charge in [0.1, 0.15) is 5.69 Å². The summed E-state index contributed by atoms with van der Waals surface area (Å²) in [6.07, 6.45) is 3.11. The Morgan fingerprint density at radius 2 is 2.24 bits per heavy atom. The van der Waals surface area contributed by atoms with Gasteiger partial charge in [-0.15, -0.1) is 0 Å². The third-order valence-corrected chi connectivity index (χ3v) is 2.35. The number of ether oxygens (including phenoxy) is 1. The average molecular weight is 234 g/mol. The molecule has 0 unspecified atom stereocenters. The minimum Gasteiger partial charge on any atom is -0.494 e. The van der Waals surface area contributed by atoms with Crippen molar-refractivity contribution in [2.75, 3.05) is 7.11 Å². The van der Waals surface area contributed by atoms with Crippen molar-refractivity contribution >= 4 is 5.78 Å². The van der Waals surface area contributed by atoms with E-state index in [1.165, 1.54) is 25.6 Å². The van der Waals surface area contributed by atoms with Crippen LogP contribution >= 0.6 is 0 Å². The molecule has 1 aromatic carbocycles. The SMILES string of the molecule is COc1ccc(C(=O)c2cn(C)cn2)cc1F. The molecule has 17 heavy (non-hydrogen) atoms. The third-order valence-electron chi connectivity index (χ3n) is 2.35. The maximum atomic E-state index is 13.4. The van der Waals surface area contributed by atoms with E-state index in [4.69, 9.17) is 4.74 Å². The first-order chi connectivity index (χ1) is 8.11. The number of carbonyl (C=O) groups is 1. The largest absolute Gasteiger partial charge is 0.494 e. The summed E-state index contributed by atoms with van der Waals surface area (Å²) in [5.41, 5.74) is 0.541. The number of carbonyl (C=O) groups excluding carboxylic acids is 1. The Hall–Kier alpha value is -2.17. The van der Waals surface area contributed by atoms with Gasteiger partial charge in [0.2, 0.25) is 5.78 Å². The van der Waals surface area contributed by atoms with Crippen molar-refractivity contribution in [3.63, 3.8) is 0 Å². The second kappa shape index (κ2) is 4.37. The van der Waals surface area contributed by atoms with Crippen molar-refractivity contribution in [3.8, 4) is 5.75 Å². The number of ketones is 1. The van der Waals surface area contributed by atoms with Crippen LogP contribution in [0.1, 0.15) is 16.1 Å². The van der Waals surface area contributed by atoms with Crippen LogP contribution in [0.2, 0.25) is 0 Å². The van der Waals surface area contributed by atoms with E-state index >= 15 is 0 Å². The summed E-state index contributed by atoms with van der Waals surface area (Å²) >= 11 is 0. The van der Waals surface area contributed by atoms with E-state index in [1.807, 2.05) is 0 Å². The molecule has 1 aromatic heterocycles. The normalized spacial score (nSPS) is 10.3. The zero-order valence-corrected chi connectivity index (χ0v) is 9.48. The molecule has 1 heterocycles. The number of benzene rings is 1. The van der Waals surface area contributed by atoms with Crippen LogP contribution < -0.4 is 4.74 Å². The van der Waals surface area contributed by atoms with Gasteiger partial charge in [-0.05, 0) is 18.2 Å². The van der Waals surface area contributed by atoms with Gasteiger partial charge in [0.05, 0.1) is 13.4 Å². The topological polar surface area (TPSA) is 44.1 Å². The maximum absolute atomic E-state index is 13.4. The Morgan fingerprint density at radius 1 is 1.47 bits per heavy atom. The van der Waals surface area contributed by atoms with Crippen LogP contribution in [0.25, 0.3) is 0 Å². The van der Waals surface area contributed by atoms with E-state index in [0.717, 1.165) is 6.07 Å². The molecule has 0 saturated heterocycles. The van der Waals surface area contributed by atoms with Gasteiger partial charge in [0.25, 0.3) is 0 Å². The highest BCUT2D eigenvalue weighted by Gasteiger charge is 2.14. The molecule has 0 saturated carbocycles. The third kappa shape index (κ3) is 2.18. The highest BCUT2D eigenvalue weighted by Crippen LogP contribution is 2.19. The zero-order valence-electron chi connectivity index (χ0n) is 9.48. The molecule has 0 aliphatic carbocycles. The lowest BCUT2D eigenvalue weighted by Crippen LogP contribution is -2.03. The second-order valence-corrected chi connectivity index (χ2v) is 3.60. The highest BCUT2D eigenvalue weighted by atomic mass is 19.1. The van der Waals surface area contributed by atoms with Crippen LogP contribution in [-0.2, 0) is 7.05 Å². The predicted octanol–water partition coefficient (Wildman–Crippen LogP) is 1.80. The van der Waals surface area contributed by atoms with Crippen molar-refractivity contribution in [1.29, 1.82) is 0 Å². The number of aryl methyl sites for hydroxylation is 1. The highest BCUT2D eigenvalue weighted by molar-refractivity contribution is 6.07. The van der Waals surface area contributed by atoms with Gasteiger partial charge in [-0.1, -0.05) is 0 Å². The van der Waals surface area contributed by atoms with E-state index in [-0.39, 0.29) is 22.8 Å². The molecule has 0 aliphatic heterocycles. The number of rotatable bonds is 3. The fourth-order valence-corrected chi connectivity index (χ4v) is 1.49. The summed E-state index contributed by atoms with van der Waals surface area (Å²) in [5, 5.41) is 0. The lowest BCUT2D eigenvalue weighted by molar-refractivity contribution is 0.103. The molecular weight excluding hydrogens is 223 g/mol. The summed E-state index contributed by atoms with van der Waals surface area (Å²) in [6.45, 7) is 0. The van der Waals surface area contributed by atoms with Gasteiger partial charge < -0.3 is 9.30 Å². The molecule has 4 nitrogen and oxygen atoms in total. The number of aromatic nitrogens is 2. The summed E-state index contributed by atoms with van der Waals surface area (Å²) in [4.78, 5) is 15.9. The van der Waals surface area contributed by atoms with Gasteiger partial charge in [0, 0.05) is 18.8 Å². The molecule has 2 rings (SSSR count). The summed E-state index contributed by atoms with van der Waals surface area (Å²) in [6, 6.07) is 4.08. The number of hydrogen-bond donors (Lipinski definition) is 0. The van der Waals surface area contributed by atoms with Crippen molar-refractivity contribution in [2.24, 2.45) is 7.05 Å². The van der Waals surface area contributed by atoms with Crippen LogP contribution in [0.15, 0.2) is 30.7 Å². The van der Waals surface area contributed by atoms with Crippen LogP contribution in [0.4, 0.5) is 4.39 Å². The molecular formula is C12H11FN2O2. The molecule has 0 N–H and O–H groups in total. The van der Waals surface area contributed by atoms with Crippen LogP contribution in [-0.4, -0.2) is 22.4 Å². The standard InChI is InChI=1S/C12H11FN2O2/c1-15-6-10(14-7-15)12(16)8-3-4-11(17-2)9(13)5-8/h3-7H,1-2H3. The molecule has 0 amide bonds. The van der Waals surface area contributed by atoms with Crippen molar-refractivity contribution in [1.82, 2.24) is 9.55 Å². The van der Waals surface area contributed by atoms with Gasteiger partial charge in [-0.3, -0.25) is 4.79 Å². The Bertz CT molecular complexity index is 563. The first kappa shape index (κ1) is 11.3. The van der Waals surface area contributed by atoms with Crippen molar-refractivity contribution < 1.29 is 13.9 Å². The number of methoxy groups -OCH3 is 1. The molecule has 0 radical (unpaired) electrons. The zero-order chi connectivity index (χ0) is 12.4. The molecule has 0 atom stereocenters. The van der Waals surface area contributed by atoms with Crippen LogP contribution in [0, 0.1) is 5.82 Å². The van der Waals surface area contributed by atoms with Gasteiger partial charge in [0.15, 0.2) is 11.6 Å². The molecule has 0 spiro atoms. The Kier molecular flexibility index (Phi) is 2.91.